The lowest BCUT2D eigenvalue weighted by molar-refractivity contribution is -0.119. The zero-order chi connectivity index (χ0) is 23.1. The average molecular weight is 453 g/mol. The van der Waals surface area contributed by atoms with Gasteiger partial charge in [0.1, 0.15) is 12.3 Å². The van der Waals surface area contributed by atoms with Gasteiger partial charge in [0.05, 0.1) is 17.2 Å². The Kier molecular flexibility index (Phi) is 7.53. The van der Waals surface area contributed by atoms with Crippen molar-refractivity contribution in [2.45, 2.75) is 32.2 Å². The van der Waals surface area contributed by atoms with Crippen molar-refractivity contribution in [3.05, 3.63) is 89.5 Å². The van der Waals surface area contributed by atoms with Gasteiger partial charge < -0.3 is 10.1 Å². The fourth-order valence-electron chi connectivity index (χ4n) is 3.21. The van der Waals surface area contributed by atoms with Crippen molar-refractivity contribution < 1.29 is 17.9 Å². The molecule has 168 valence electrons. The van der Waals surface area contributed by atoms with Crippen molar-refractivity contribution in [1.82, 2.24) is 5.32 Å². The lowest BCUT2D eigenvalue weighted by Gasteiger charge is -2.25. The smallest absolute Gasteiger partial charge is 0.264 e. The highest BCUT2D eigenvalue weighted by Gasteiger charge is 2.27. The summed E-state index contributed by atoms with van der Waals surface area (Å²) in [6.07, 6.45) is 0. The van der Waals surface area contributed by atoms with Crippen LogP contribution in [0.4, 0.5) is 5.69 Å². The number of anilines is 1. The third kappa shape index (κ3) is 5.68. The number of amides is 1. The number of aryl methyl sites for hydroxylation is 2. The van der Waals surface area contributed by atoms with Crippen LogP contribution in [0.25, 0.3) is 0 Å². The lowest BCUT2D eigenvalue weighted by Crippen LogP contribution is -2.40. The van der Waals surface area contributed by atoms with E-state index < -0.39 is 15.9 Å². The number of rotatable bonds is 9. The highest BCUT2D eigenvalue weighted by molar-refractivity contribution is 7.92. The van der Waals surface area contributed by atoms with Gasteiger partial charge in [0.2, 0.25) is 5.91 Å². The van der Waals surface area contributed by atoms with E-state index in [2.05, 4.69) is 5.32 Å². The highest BCUT2D eigenvalue weighted by atomic mass is 32.2. The summed E-state index contributed by atoms with van der Waals surface area (Å²) in [4.78, 5) is 12.9. The van der Waals surface area contributed by atoms with Gasteiger partial charge in [-0.2, -0.15) is 0 Å². The number of hydrogen-bond donors (Lipinski definition) is 1. The maximum Gasteiger partial charge on any atom is 0.264 e. The summed E-state index contributed by atoms with van der Waals surface area (Å²) in [6.45, 7) is 6.27. The maximum absolute atomic E-state index is 13.4. The number of nitrogens with zero attached hydrogens (tertiary/aromatic N) is 1. The molecular weight excluding hydrogens is 424 g/mol. The average Bonchev–Trinajstić information content (AvgIpc) is 2.79. The molecule has 0 aliphatic rings. The van der Waals surface area contributed by atoms with Crippen LogP contribution in [-0.2, 0) is 21.4 Å². The van der Waals surface area contributed by atoms with E-state index in [0.29, 0.717) is 12.3 Å². The fraction of sp³-hybridized carbons (Fsp3) is 0.240. The summed E-state index contributed by atoms with van der Waals surface area (Å²) in [6, 6.07) is 20.9. The molecule has 0 aliphatic heterocycles. The monoisotopic (exact) mass is 452 g/mol. The van der Waals surface area contributed by atoms with E-state index in [4.69, 9.17) is 4.74 Å². The van der Waals surface area contributed by atoms with Crippen LogP contribution in [0.2, 0.25) is 0 Å². The van der Waals surface area contributed by atoms with Crippen LogP contribution in [0.5, 0.6) is 5.75 Å². The highest BCUT2D eigenvalue weighted by Crippen LogP contribution is 2.25. The second kappa shape index (κ2) is 10.3. The Morgan fingerprint density at radius 3 is 2.38 bits per heavy atom. The topological polar surface area (TPSA) is 75.7 Å². The molecule has 0 radical (unpaired) electrons. The van der Waals surface area contributed by atoms with Crippen molar-refractivity contribution >= 4 is 21.6 Å². The van der Waals surface area contributed by atoms with Crippen molar-refractivity contribution in [3.63, 3.8) is 0 Å². The van der Waals surface area contributed by atoms with Gasteiger partial charge in [0, 0.05) is 6.54 Å². The molecule has 3 aromatic carbocycles. The fourth-order valence-corrected chi connectivity index (χ4v) is 4.65. The van der Waals surface area contributed by atoms with E-state index in [0.717, 1.165) is 26.7 Å². The molecule has 0 aliphatic carbocycles. The molecule has 0 aromatic heterocycles. The first-order valence-electron chi connectivity index (χ1n) is 10.4. The van der Waals surface area contributed by atoms with E-state index in [1.165, 1.54) is 12.1 Å². The summed E-state index contributed by atoms with van der Waals surface area (Å²) >= 11 is 0. The molecule has 3 rings (SSSR count). The van der Waals surface area contributed by atoms with Gasteiger partial charge in [-0.05, 0) is 73.9 Å². The van der Waals surface area contributed by atoms with Crippen LogP contribution in [0.3, 0.4) is 0 Å². The molecule has 0 atom stereocenters. The largest absolute Gasteiger partial charge is 0.494 e. The van der Waals surface area contributed by atoms with E-state index >= 15 is 0 Å². The summed E-state index contributed by atoms with van der Waals surface area (Å²) in [5.41, 5.74) is 3.31. The van der Waals surface area contributed by atoms with E-state index in [1.807, 2.05) is 51.1 Å². The van der Waals surface area contributed by atoms with Gasteiger partial charge in [-0.1, -0.05) is 36.4 Å². The first-order valence-corrected chi connectivity index (χ1v) is 11.9. The van der Waals surface area contributed by atoms with Crippen molar-refractivity contribution in [3.8, 4) is 5.75 Å². The molecule has 1 amide bonds. The predicted octanol–water partition coefficient (Wildman–Crippen LogP) is 4.21. The maximum atomic E-state index is 13.4. The van der Waals surface area contributed by atoms with Crippen molar-refractivity contribution in [2.75, 3.05) is 17.5 Å². The van der Waals surface area contributed by atoms with Gasteiger partial charge in [0.25, 0.3) is 10.0 Å². The molecule has 0 fully saturated rings. The number of nitrogens with one attached hydrogen (secondary N) is 1. The van der Waals surface area contributed by atoms with Crippen molar-refractivity contribution in [1.29, 1.82) is 0 Å². The first kappa shape index (κ1) is 23.3. The molecule has 3 aromatic rings. The molecular formula is C25H28N2O4S. The first-order chi connectivity index (χ1) is 15.3. The Morgan fingerprint density at radius 1 is 0.938 bits per heavy atom. The third-order valence-corrected chi connectivity index (χ3v) is 6.88. The van der Waals surface area contributed by atoms with Gasteiger partial charge >= 0.3 is 0 Å². The summed E-state index contributed by atoms with van der Waals surface area (Å²) in [5.74, 6) is 0.326. The molecule has 0 bridgehead atoms. The van der Waals surface area contributed by atoms with E-state index in [-0.39, 0.29) is 18.0 Å². The Hall–Kier alpha value is -3.32. The third-order valence-electron chi connectivity index (χ3n) is 5.10. The number of hydrogen-bond acceptors (Lipinski definition) is 4. The number of sulfonamides is 1. The Balaban J connectivity index is 1.83. The van der Waals surface area contributed by atoms with Gasteiger partial charge in [-0.15, -0.1) is 0 Å². The number of carbonyl (C=O) groups is 1. The molecule has 1 N–H and O–H groups in total. The van der Waals surface area contributed by atoms with Crippen LogP contribution < -0.4 is 14.4 Å². The number of ether oxygens (including phenoxy) is 1. The molecule has 0 saturated heterocycles. The normalized spacial score (nSPS) is 11.1. The van der Waals surface area contributed by atoms with Gasteiger partial charge in [-0.3, -0.25) is 9.10 Å². The SMILES string of the molecule is CCOc1cccc(CNC(=O)CN(c2ccc(C)c(C)c2)S(=O)(=O)c2ccccc2)c1. The quantitative estimate of drug-likeness (QED) is 0.528. The summed E-state index contributed by atoms with van der Waals surface area (Å²) in [7, 11) is -3.92. The van der Waals surface area contributed by atoms with Crippen LogP contribution >= 0.6 is 0 Å². The number of benzene rings is 3. The molecule has 7 heteroatoms. The molecule has 32 heavy (non-hydrogen) atoms. The van der Waals surface area contributed by atoms with E-state index in [9.17, 15) is 13.2 Å². The minimum Gasteiger partial charge on any atom is -0.494 e. The summed E-state index contributed by atoms with van der Waals surface area (Å²) < 4.78 is 33.4. The molecule has 0 spiro atoms. The van der Waals surface area contributed by atoms with Crippen LogP contribution in [0.1, 0.15) is 23.6 Å². The second-order valence-corrected chi connectivity index (χ2v) is 9.31. The lowest BCUT2D eigenvalue weighted by atomic mass is 10.1. The minimum atomic E-state index is -3.92. The van der Waals surface area contributed by atoms with Crippen LogP contribution in [0.15, 0.2) is 77.7 Å². The van der Waals surface area contributed by atoms with Gasteiger partial charge in [0.15, 0.2) is 0 Å². The molecule has 0 heterocycles. The van der Waals surface area contributed by atoms with Crippen LogP contribution in [-0.4, -0.2) is 27.5 Å². The minimum absolute atomic E-state index is 0.135. The van der Waals surface area contributed by atoms with Crippen molar-refractivity contribution in [2.24, 2.45) is 0 Å². The zero-order valence-electron chi connectivity index (χ0n) is 18.5. The van der Waals surface area contributed by atoms with Gasteiger partial charge in [-0.25, -0.2) is 8.42 Å². The molecule has 0 unspecified atom stereocenters. The molecule has 6 nitrogen and oxygen atoms in total. The predicted molar refractivity (Wildman–Crippen MR) is 126 cm³/mol. The van der Waals surface area contributed by atoms with E-state index in [1.54, 1.807) is 30.3 Å². The summed E-state index contributed by atoms with van der Waals surface area (Å²) in [5, 5.41) is 2.82. The Labute approximate surface area is 189 Å². The second-order valence-electron chi connectivity index (χ2n) is 7.45. The standard InChI is InChI=1S/C25H28N2O4S/c1-4-31-23-10-8-9-21(16-23)17-26-25(28)18-27(22-14-13-19(2)20(3)15-22)32(29,30)24-11-6-5-7-12-24/h5-16H,4,17-18H2,1-3H3,(H,26,28). The Morgan fingerprint density at radius 2 is 1.69 bits per heavy atom. The van der Waals surface area contributed by atoms with Crippen LogP contribution in [0, 0.1) is 13.8 Å². The number of carbonyl (C=O) groups excluding carboxylic acids is 1. The Bertz CT molecular complexity index is 1180. The zero-order valence-corrected chi connectivity index (χ0v) is 19.4. The molecule has 0 saturated carbocycles.